The second-order valence-corrected chi connectivity index (χ2v) is 5.96. The molecule has 3 aromatic heterocycles. The summed E-state index contributed by atoms with van der Waals surface area (Å²) in [6.07, 6.45) is 1.13. The van der Waals surface area contributed by atoms with Crippen LogP contribution in [0.1, 0.15) is 26.7 Å². The number of H-pyrrole nitrogens is 1. The molecule has 0 spiro atoms. The third kappa shape index (κ3) is 3.01. The minimum atomic E-state index is -1.11. The lowest BCUT2D eigenvalue weighted by atomic mass is 10.2. The van der Waals surface area contributed by atoms with Crippen LogP contribution in [0.25, 0.3) is 10.2 Å². The zero-order chi connectivity index (χ0) is 17.3. The highest BCUT2D eigenvalue weighted by Crippen LogP contribution is 2.14. The lowest BCUT2D eigenvalue weighted by Crippen LogP contribution is -2.29. The van der Waals surface area contributed by atoms with E-state index in [0.29, 0.717) is 16.0 Å². The molecule has 0 bridgehead atoms. The Morgan fingerprint density at radius 3 is 2.79 bits per heavy atom. The Bertz CT molecular complexity index is 977. The van der Waals surface area contributed by atoms with E-state index in [1.54, 1.807) is 18.5 Å². The predicted molar refractivity (Wildman–Crippen MR) is 87.2 cm³/mol. The quantitative estimate of drug-likeness (QED) is 0.738. The van der Waals surface area contributed by atoms with E-state index < -0.39 is 11.9 Å². The van der Waals surface area contributed by atoms with Gasteiger partial charge in [0.05, 0.1) is 17.6 Å². The number of nitrogens with one attached hydrogen (secondary N) is 1. The molecule has 9 heteroatoms. The molecule has 24 heavy (non-hydrogen) atoms. The van der Waals surface area contributed by atoms with Crippen LogP contribution in [-0.2, 0) is 6.54 Å². The van der Waals surface area contributed by atoms with Crippen LogP contribution in [0.2, 0.25) is 0 Å². The van der Waals surface area contributed by atoms with E-state index in [1.165, 1.54) is 28.4 Å². The Kier molecular flexibility index (Phi) is 4.09. The number of carboxylic acid groups (broad SMARTS) is 1. The van der Waals surface area contributed by atoms with Crippen molar-refractivity contribution in [3.05, 3.63) is 57.2 Å². The van der Waals surface area contributed by atoms with Crippen LogP contribution in [0.5, 0.6) is 0 Å². The zero-order valence-corrected chi connectivity index (χ0v) is 13.3. The van der Waals surface area contributed by atoms with Gasteiger partial charge in [-0.1, -0.05) is 0 Å². The van der Waals surface area contributed by atoms with Crippen molar-refractivity contribution < 1.29 is 14.7 Å². The molecule has 2 N–H and O–H groups in total. The number of rotatable bonds is 4. The fraction of sp³-hybridized carbons (Fsp3) is 0.133. The predicted octanol–water partition coefficient (Wildman–Crippen LogP) is 1.35. The number of hydrogen-bond donors (Lipinski definition) is 2. The van der Waals surface area contributed by atoms with Gasteiger partial charge in [0.25, 0.3) is 11.5 Å². The number of amides is 1. The summed E-state index contributed by atoms with van der Waals surface area (Å²) in [5.41, 5.74) is 0.461. The van der Waals surface area contributed by atoms with E-state index in [9.17, 15) is 14.4 Å². The average molecular weight is 344 g/mol. The maximum absolute atomic E-state index is 12.3. The van der Waals surface area contributed by atoms with Crippen LogP contribution in [-0.4, -0.2) is 43.9 Å². The number of thiophene rings is 1. The number of hydrogen-bond acceptors (Lipinski definition) is 6. The topological polar surface area (TPSA) is 116 Å². The minimum absolute atomic E-state index is 0.00288. The lowest BCUT2D eigenvalue weighted by molar-refractivity contribution is 0.0693. The first kappa shape index (κ1) is 15.8. The highest BCUT2D eigenvalue weighted by molar-refractivity contribution is 7.17. The SMILES string of the molecule is CN(Cc1nc2ccsc2c(=O)[nH]1)C(=O)c1ccc(C(=O)O)cn1. The van der Waals surface area contributed by atoms with Gasteiger partial charge < -0.3 is 15.0 Å². The third-order valence-electron chi connectivity index (χ3n) is 3.33. The number of carbonyl (C=O) groups is 2. The van der Waals surface area contributed by atoms with Gasteiger partial charge in [-0.15, -0.1) is 11.3 Å². The van der Waals surface area contributed by atoms with E-state index in [4.69, 9.17) is 5.11 Å². The van der Waals surface area contributed by atoms with Crippen molar-refractivity contribution in [1.82, 2.24) is 19.9 Å². The van der Waals surface area contributed by atoms with Crippen molar-refractivity contribution in [2.45, 2.75) is 6.54 Å². The summed E-state index contributed by atoms with van der Waals surface area (Å²) >= 11 is 1.30. The number of aromatic nitrogens is 3. The first-order valence-electron chi connectivity index (χ1n) is 6.87. The Labute approximate surface area is 139 Å². The molecule has 122 valence electrons. The maximum atomic E-state index is 12.3. The van der Waals surface area contributed by atoms with Gasteiger partial charge in [-0.2, -0.15) is 0 Å². The Balaban J connectivity index is 1.79. The number of aromatic carboxylic acids is 1. The van der Waals surface area contributed by atoms with Gasteiger partial charge in [0.2, 0.25) is 0 Å². The standard InChI is InChI=1S/C15H12N4O4S/c1-19(14(21)10-3-2-8(6-16-10)15(22)23)7-11-17-9-4-5-24-12(9)13(20)18-11/h2-6H,7H2,1H3,(H,22,23)(H,17,18,20). The number of aromatic amines is 1. The first-order chi connectivity index (χ1) is 11.5. The highest BCUT2D eigenvalue weighted by atomic mass is 32.1. The first-order valence-corrected chi connectivity index (χ1v) is 7.75. The normalized spacial score (nSPS) is 10.7. The molecule has 0 unspecified atom stereocenters. The van der Waals surface area contributed by atoms with E-state index >= 15 is 0 Å². The minimum Gasteiger partial charge on any atom is -0.478 e. The van der Waals surface area contributed by atoms with E-state index in [1.807, 2.05) is 0 Å². The van der Waals surface area contributed by atoms with Gasteiger partial charge in [0.1, 0.15) is 16.2 Å². The molecule has 0 aliphatic heterocycles. The summed E-state index contributed by atoms with van der Waals surface area (Å²) in [5.74, 6) is -1.15. The van der Waals surface area contributed by atoms with Crippen LogP contribution < -0.4 is 5.56 Å². The molecule has 0 aromatic carbocycles. The van der Waals surface area contributed by atoms with Crippen molar-refractivity contribution in [2.24, 2.45) is 0 Å². The summed E-state index contributed by atoms with van der Waals surface area (Å²) in [5, 5.41) is 10.6. The molecule has 0 aliphatic rings. The largest absolute Gasteiger partial charge is 0.478 e. The monoisotopic (exact) mass is 344 g/mol. The van der Waals surface area contributed by atoms with E-state index in [-0.39, 0.29) is 23.4 Å². The van der Waals surface area contributed by atoms with Gasteiger partial charge in [0, 0.05) is 13.2 Å². The third-order valence-corrected chi connectivity index (χ3v) is 4.23. The van der Waals surface area contributed by atoms with Gasteiger partial charge in [-0.05, 0) is 23.6 Å². The molecule has 3 rings (SSSR count). The van der Waals surface area contributed by atoms with Crippen molar-refractivity contribution in [3.63, 3.8) is 0 Å². The number of carboxylic acids is 1. The smallest absolute Gasteiger partial charge is 0.337 e. The van der Waals surface area contributed by atoms with Crippen LogP contribution in [0.4, 0.5) is 0 Å². The molecular formula is C15H12N4O4S. The number of fused-ring (bicyclic) bond motifs is 1. The van der Waals surface area contributed by atoms with Crippen LogP contribution >= 0.6 is 11.3 Å². The van der Waals surface area contributed by atoms with Crippen LogP contribution in [0.3, 0.4) is 0 Å². The second kappa shape index (κ2) is 6.20. The molecule has 0 saturated carbocycles. The molecule has 3 heterocycles. The summed E-state index contributed by atoms with van der Waals surface area (Å²) < 4.78 is 0.540. The zero-order valence-electron chi connectivity index (χ0n) is 12.5. The van der Waals surface area contributed by atoms with Gasteiger partial charge in [-0.25, -0.2) is 9.78 Å². The summed E-state index contributed by atoms with van der Waals surface area (Å²) in [6.45, 7) is 0.0994. The molecule has 8 nitrogen and oxygen atoms in total. The van der Waals surface area contributed by atoms with Gasteiger partial charge in [0.15, 0.2) is 0 Å². The van der Waals surface area contributed by atoms with Crippen LogP contribution in [0, 0.1) is 0 Å². The second-order valence-electron chi connectivity index (χ2n) is 5.05. The Morgan fingerprint density at radius 1 is 1.33 bits per heavy atom. The fourth-order valence-electron chi connectivity index (χ4n) is 2.14. The maximum Gasteiger partial charge on any atom is 0.337 e. The fourth-order valence-corrected chi connectivity index (χ4v) is 2.86. The molecule has 1 amide bonds. The van der Waals surface area contributed by atoms with Crippen molar-refractivity contribution in [2.75, 3.05) is 7.05 Å². The molecule has 0 fully saturated rings. The average Bonchev–Trinajstić information content (AvgIpc) is 3.03. The highest BCUT2D eigenvalue weighted by Gasteiger charge is 2.16. The Morgan fingerprint density at radius 2 is 2.12 bits per heavy atom. The molecule has 0 atom stereocenters. The molecule has 0 saturated heterocycles. The summed E-state index contributed by atoms with van der Waals surface area (Å²) in [6, 6.07) is 4.40. The van der Waals surface area contributed by atoms with Gasteiger partial charge in [-0.3, -0.25) is 14.6 Å². The number of carbonyl (C=O) groups excluding carboxylic acids is 1. The number of pyridine rings is 1. The van der Waals surface area contributed by atoms with Crippen molar-refractivity contribution in [1.29, 1.82) is 0 Å². The van der Waals surface area contributed by atoms with Gasteiger partial charge >= 0.3 is 5.97 Å². The van der Waals surface area contributed by atoms with Crippen LogP contribution in [0.15, 0.2) is 34.6 Å². The van der Waals surface area contributed by atoms with Crippen molar-refractivity contribution >= 4 is 33.4 Å². The van der Waals surface area contributed by atoms with E-state index in [2.05, 4.69) is 15.0 Å². The molecular weight excluding hydrogens is 332 g/mol. The molecule has 3 aromatic rings. The Hall–Kier alpha value is -3.07. The lowest BCUT2D eigenvalue weighted by Gasteiger charge is -2.16. The molecule has 0 aliphatic carbocycles. The van der Waals surface area contributed by atoms with E-state index in [0.717, 1.165) is 6.20 Å². The summed E-state index contributed by atoms with van der Waals surface area (Å²) in [4.78, 5) is 47.2. The summed E-state index contributed by atoms with van der Waals surface area (Å²) in [7, 11) is 1.55. The number of nitrogens with zero attached hydrogens (tertiary/aromatic N) is 3. The molecule has 0 radical (unpaired) electrons. The van der Waals surface area contributed by atoms with Crippen molar-refractivity contribution in [3.8, 4) is 0 Å².